The van der Waals surface area contributed by atoms with Crippen LogP contribution in [-0.2, 0) is 0 Å². The molecule has 0 aliphatic rings. The molecule has 0 N–H and O–H groups in total. The van der Waals surface area contributed by atoms with Crippen LogP contribution in [0.4, 0.5) is 0 Å². The Hall–Kier alpha value is -6.89. The first-order valence-corrected chi connectivity index (χ1v) is 18.3. The van der Waals surface area contributed by atoms with Crippen molar-refractivity contribution in [3.05, 3.63) is 176 Å². The summed E-state index contributed by atoms with van der Waals surface area (Å²) < 4.78 is 1.21. The topological polar surface area (TPSA) is 64.5 Å². The van der Waals surface area contributed by atoms with E-state index in [1.807, 2.05) is 36.4 Å². The van der Waals surface area contributed by atoms with E-state index in [-0.39, 0.29) is 0 Å². The van der Waals surface area contributed by atoms with Crippen molar-refractivity contribution >= 4 is 42.8 Å². The number of hydrogen-bond acceptors (Lipinski definition) is 6. The van der Waals surface area contributed by atoms with Crippen molar-refractivity contribution in [1.82, 2.24) is 24.9 Å². The fourth-order valence-corrected chi connectivity index (χ4v) is 7.83. The molecule has 3 heterocycles. The Balaban J connectivity index is 0.981. The van der Waals surface area contributed by atoms with Crippen LogP contribution in [-0.4, -0.2) is 24.9 Å². The first kappa shape index (κ1) is 30.9. The van der Waals surface area contributed by atoms with Gasteiger partial charge in [-0.05, 0) is 57.6 Å². The number of aromatic nitrogens is 5. The maximum Gasteiger partial charge on any atom is 0.164 e. The molecule has 0 amide bonds. The van der Waals surface area contributed by atoms with Crippen molar-refractivity contribution in [3.8, 4) is 67.5 Å². The maximum absolute atomic E-state index is 5.05. The van der Waals surface area contributed by atoms with Crippen molar-refractivity contribution in [2.45, 2.75) is 0 Å². The quantitative estimate of drug-likeness (QED) is 0.173. The molecule has 0 bridgehead atoms. The molecular formula is C47H29N5S. The van der Waals surface area contributed by atoms with Crippen LogP contribution in [0.25, 0.3) is 99.0 Å². The largest absolute Gasteiger partial charge is 0.243 e. The van der Waals surface area contributed by atoms with E-state index < -0.39 is 0 Å². The highest BCUT2D eigenvalue weighted by atomic mass is 32.1. The molecule has 0 radical (unpaired) electrons. The van der Waals surface area contributed by atoms with Gasteiger partial charge in [-0.25, -0.2) is 24.9 Å². The summed E-state index contributed by atoms with van der Waals surface area (Å²) >= 11 is 1.69. The van der Waals surface area contributed by atoms with Gasteiger partial charge >= 0.3 is 0 Å². The van der Waals surface area contributed by atoms with E-state index in [0.717, 1.165) is 71.3 Å². The molecule has 7 aromatic carbocycles. The lowest BCUT2D eigenvalue weighted by molar-refractivity contribution is 1.07. The average Bonchev–Trinajstić information content (AvgIpc) is 3.60. The minimum Gasteiger partial charge on any atom is -0.243 e. The lowest BCUT2D eigenvalue weighted by Gasteiger charge is -2.10. The van der Waals surface area contributed by atoms with Gasteiger partial charge in [0.25, 0.3) is 0 Å². The standard InChI is InChI=1S/C47H29N5S/c1-3-10-30(11-4-1)31-22-24-35(25-23-31)45-50-44(34-12-5-2-6-13-34)51-46(52-45)38-15-9-14-36(28-38)32-18-20-33(21-19-32)37-26-27-40-41(29-37)48-43-39-16-7-8-17-42(39)53-47(43)49-40/h1-29H. The van der Waals surface area contributed by atoms with Crippen LogP contribution in [0.3, 0.4) is 0 Å². The smallest absolute Gasteiger partial charge is 0.164 e. The Labute approximate surface area is 310 Å². The normalized spacial score (nSPS) is 11.4. The summed E-state index contributed by atoms with van der Waals surface area (Å²) in [7, 11) is 0. The van der Waals surface area contributed by atoms with E-state index in [0.29, 0.717) is 17.5 Å². The zero-order valence-corrected chi connectivity index (χ0v) is 29.2. The molecule has 53 heavy (non-hydrogen) atoms. The van der Waals surface area contributed by atoms with Gasteiger partial charge in [-0.15, -0.1) is 11.3 Å². The molecule has 10 aromatic rings. The molecule has 6 heteroatoms. The molecule has 0 aliphatic carbocycles. The predicted octanol–water partition coefficient (Wildman–Crippen LogP) is 12.2. The lowest BCUT2D eigenvalue weighted by Crippen LogP contribution is -2.00. The second-order valence-electron chi connectivity index (χ2n) is 13.0. The molecule has 10 rings (SSSR count). The van der Waals surface area contributed by atoms with Gasteiger partial charge in [0, 0.05) is 26.8 Å². The second-order valence-corrected chi connectivity index (χ2v) is 14.0. The molecule has 0 atom stereocenters. The molecule has 3 aromatic heterocycles. The monoisotopic (exact) mass is 695 g/mol. The van der Waals surface area contributed by atoms with Crippen molar-refractivity contribution in [2.75, 3.05) is 0 Å². The maximum atomic E-state index is 5.05. The van der Waals surface area contributed by atoms with E-state index in [1.165, 1.54) is 10.3 Å². The fourth-order valence-electron chi connectivity index (χ4n) is 6.81. The van der Waals surface area contributed by atoms with Crippen LogP contribution in [0, 0.1) is 0 Å². The number of nitrogens with zero attached hydrogens (tertiary/aromatic N) is 5. The van der Waals surface area contributed by atoms with Gasteiger partial charge in [0.1, 0.15) is 10.3 Å². The Morgan fingerprint density at radius 3 is 1.47 bits per heavy atom. The SMILES string of the molecule is c1ccc(-c2ccc(-c3nc(-c4ccccc4)nc(-c4cccc(-c5ccc(-c6ccc7nc8sc9ccccc9c8nc7c6)cc5)c4)n3)cc2)cc1. The highest BCUT2D eigenvalue weighted by Crippen LogP contribution is 2.34. The van der Waals surface area contributed by atoms with E-state index in [1.54, 1.807) is 11.3 Å². The van der Waals surface area contributed by atoms with Crippen molar-refractivity contribution in [2.24, 2.45) is 0 Å². The highest BCUT2D eigenvalue weighted by Gasteiger charge is 2.14. The van der Waals surface area contributed by atoms with Crippen molar-refractivity contribution in [1.29, 1.82) is 0 Å². The van der Waals surface area contributed by atoms with Gasteiger partial charge in [0.15, 0.2) is 17.5 Å². The Morgan fingerprint density at radius 1 is 0.302 bits per heavy atom. The van der Waals surface area contributed by atoms with Crippen LogP contribution in [0.15, 0.2) is 176 Å². The van der Waals surface area contributed by atoms with E-state index >= 15 is 0 Å². The molecule has 0 spiro atoms. The van der Waals surface area contributed by atoms with E-state index in [2.05, 4.69) is 140 Å². The number of thiophene rings is 1. The highest BCUT2D eigenvalue weighted by molar-refractivity contribution is 7.25. The zero-order chi connectivity index (χ0) is 35.1. The number of hydrogen-bond donors (Lipinski definition) is 0. The summed E-state index contributed by atoms with van der Waals surface area (Å²) in [6.45, 7) is 0. The first-order chi connectivity index (χ1) is 26.2. The molecule has 248 valence electrons. The van der Waals surface area contributed by atoms with E-state index in [4.69, 9.17) is 24.9 Å². The van der Waals surface area contributed by atoms with Gasteiger partial charge in [0.2, 0.25) is 0 Å². The minimum atomic E-state index is 0.629. The summed E-state index contributed by atoms with van der Waals surface area (Å²) in [5, 5.41) is 1.15. The minimum absolute atomic E-state index is 0.629. The molecule has 5 nitrogen and oxygen atoms in total. The van der Waals surface area contributed by atoms with Crippen LogP contribution < -0.4 is 0 Å². The Bertz CT molecular complexity index is 2920. The van der Waals surface area contributed by atoms with Crippen LogP contribution in [0.5, 0.6) is 0 Å². The number of fused-ring (bicyclic) bond motifs is 4. The molecule has 0 saturated heterocycles. The summed E-state index contributed by atoms with van der Waals surface area (Å²) in [5.74, 6) is 1.90. The molecule has 0 fully saturated rings. The van der Waals surface area contributed by atoms with E-state index in [9.17, 15) is 0 Å². The van der Waals surface area contributed by atoms with Gasteiger partial charge in [-0.1, -0.05) is 152 Å². The van der Waals surface area contributed by atoms with Crippen LogP contribution in [0.2, 0.25) is 0 Å². The number of benzene rings is 7. The average molecular weight is 696 g/mol. The van der Waals surface area contributed by atoms with Gasteiger partial charge in [-0.3, -0.25) is 0 Å². The van der Waals surface area contributed by atoms with Crippen LogP contribution in [0.1, 0.15) is 0 Å². The summed E-state index contributed by atoms with van der Waals surface area (Å²) in [5.41, 5.74) is 12.3. The summed E-state index contributed by atoms with van der Waals surface area (Å²) in [6.07, 6.45) is 0. The second kappa shape index (κ2) is 13.0. The molecule has 0 saturated carbocycles. The molecular weight excluding hydrogens is 667 g/mol. The third-order valence-corrected chi connectivity index (χ3v) is 10.6. The zero-order valence-electron chi connectivity index (χ0n) is 28.4. The van der Waals surface area contributed by atoms with Crippen LogP contribution >= 0.6 is 11.3 Å². The molecule has 0 aliphatic heterocycles. The van der Waals surface area contributed by atoms with Crippen molar-refractivity contribution in [3.63, 3.8) is 0 Å². The van der Waals surface area contributed by atoms with Gasteiger partial charge in [-0.2, -0.15) is 0 Å². The fraction of sp³-hybridized carbons (Fsp3) is 0. The molecule has 0 unspecified atom stereocenters. The van der Waals surface area contributed by atoms with Gasteiger partial charge < -0.3 is 0 Å². The summed E-state index contributed by atoms with van der Waals surface area (Å²) in [6, 6.07) is 60.7. The third kappa shape index (κ3) is 5.91. The Kier molecular flexibility index (Phi) is 7.59. The third-order valence-electron chi connectivity index (χ3n) is 9.57. The number of rotatable bonds is 6. The predicted molar refractivity (Wildman–Crippen MR) is 218 cm³/mol. The summed E-state index contributed by atoms with van der Waals surface area (Å²) in [4.78, 5) is 25.9. The lowest BCUT2D eigenvalue weighted by atomic mass is 9.98. The first-order valence-electron chi connectivity index (χ1n) is 17.5. The van der Waals surface area contributed by atoms with Crippen molar-refractivity contribution < 1.29 is 0 Å². The Morgan fingerprint density at radius 2 is 0.774 bits per heavy atom. The van der Waals surface area contributed by atoms with Gasteiger partial charge in [0.05, 0.1) is 11.0 Å².